The van der Waals surface area contributed by atoms with Gasteiger partial charge in [-0.25, -0.2) is 4.98 Å². The Hall–Kier alpha value is -1.14. The molecule has 0 aliphatic carbocycles. The summed E-state index contributed by atoms with van der Waals surface area (Å²) < 4.78 is 2.44. The summed E-state index contributed by atoms with van der Waals surface area (Å²) in [7, 11) is 0. The van der Waals surface area contributed by atoms with Gasteiger partial charge in [0.25, 0.3) is 0 Å². The highest BCUT2D eigenvalue weighted by molar-refractivity contribution is 14.1. The van der Waals surface area contributed by atoms with Gasteiger partial charge in [-0.15, -0.1) is 11.3 Å². The van der Waals surface area contributed by atoms with E-state index in [1.807, 2.05) is 19.1 Å². The molecule has 4 heteroatoms. The van der Waals surface area contributed by atoms with Gasteiger partial charge in [-0.1, -0.05) is 0 Å². The molecular formula is C14H11IN2S. The number of hydrogen-bond acceptors (Lipinski definition) is 3. The van der Waals surface area contributed by atoms with Crippen molar-refractivity contribution in [3.8, 4) is 10.6 Å². The molecule has 18 heavy (non-hydrogen) atoms. The Morgan fingerprint density at radius 3 is 2.78 bits per heavy atom. The molecule has 2 aromatic carbocycles. The van der Waals surface area contributed by atoms with Crippen LogP contribution >= 0.6 is 33.9 Å². The molecule has 0 atom stereocenters. The average Bonchev–Trinajstić information content (AvgIpc) is 2.75. The van der Waals surface area contributed by atoms with Crippen LogP contribution in [0.4, 0.5) is 5.69 Å². The van der Waals surface area contributed by atoms with Gasteiger partial charge in [-0.05, 0) is 71.5 Å². The van der Waals surface area contributed by atoms with Crippen LogP contribution in [0.25, 0.3) is 20.8 Å². The third-order valence-corrected chi connectivity index (χ3v) is 4.62. The Morgan fingerprint density at radius 1 is 1.17 bits per heavy atom. The van der Waals surface area contributed by atoms with E-state index in [1.54, 1.807) is 11.3 Å². The number of halogens is 1. The Bertz CT molecular complexity index is 734. The van der Waals surface area contributed by atoms with Crippen molar-refractivity contribution in [1.29, 1.82) is 0 Å². The predicted octanol–water partition coefficient (Wildman–Crippen LogP) is 4.46. The van der Waals surface area contributed by atoms with Crippen molar-refractivity contribution in [3.05, 3.63) is 45.5 Å². The van der Waals surface area contributed by atoms with Crippen molar-refractivity contribution < 1.29 is 0 Å². The molecule has 3 rings (SSSR count). The summed E-state index contributed by atoms with van der Waals surface area (Å²) in [5.74, 6) is 0. The highest BCUT2D eigenvalue weighted by atomic mass is 124. The quantitative estimate of drug-likeness (QED) is 0.512. The molecular weight excluding hydrogens is 352 g/mol. The fourth-order valence-electron chi connectivity index (χ4n) is 1.83. The second kappa shape index (κ2) is 4.51. The number of hydrogen-bond donors (Lipinski definition) is 1. The summed E-state index contributed by atoms with van der Waals surface area (Å²) in [4.78, 5) is 4.69. The third kappa shape index (κ3) is 2.10. The summed E-state index contributed by atoms with van der Waals surface area (Å²) in [6, 6.07) is 12.4. The third-order valence-electron chi connectivity index (χ3n) is 2.87. The van der Waals surface area contributed by atoms with Gasteiger partial charge < -0.3 is 5.73 Å². The highest BCUT2D eigenvalue weighted by Crippen LogP contribution is 2.32. The number of rotatable bonds is 1. The van der Waals surface area contributed by atoms with Crippen LogP contribution in [0.1, 0.15) is 5.56 Å². The number of aryl methyl sites for hydroxylation is 1. The van der Waals surface area contributed by atoms with E-state index in [-0.39, 0.29) is 0 Å². The molecule has 1 aromatic heterocycles. The number of nitrogens with two attached hydrogens (primary N) is 1. The van der Waals surface area contributed by atoms with E-state index in [4.69, 9.17) is 5.73 Å². The van der Waals surface area contributed by atoms with Crippen molar-refractivity contribution in [2.45, 2.75) is 6.92 Å². The molecule has 0 saturated heterocycles. The number of anilines is 1. The van der Waals surface area contributed by atoms with Gasteiger partial charge in [0.1, 0.15) is 5.01 Å². The van der Waals surface area contributed by atoms with Crippen LogP contribution < -0.4 is 5.73 Å². The fraction of sp³-hybridized carbons (Fsp3) is 0.0714. The number of nitrogen functional groups attached to an aromatic ring is 1. The molecule has 0 aliphatic rings. The Morgan fingerprint density at radius 2 is 2.00 bits per heavy atom. The van der Waals surface area contributed by atoms with E-state index < -0.39 is 0 Å². The van der Waals surface area contributed by atoms with Gasteiger partial charge in [-0.3, -0.25) is 0 Å². The standard InChI is InChI=1S/C14H11IN2S/c1-8-6-9(2-4-11(8)16)14-17-12-7-10(15)3-5-13(12)18-14/h2-7H,16H2,1H3/i15-3. The zero-order valence-electron chi connectivity index (χ0n) is 9.77. The van der Waals surface area contributed by atoms with E-state index in [9.17, 15) is 0 Å². The zero-order valence-corrected chi connectivity index (χ0v) is 12.7. The molecule has 0 unspecified atom stereocenters. The van der Waals surface area contributed by atoms with Gasteiger partial charge in [0.2, 0.25) is 0 Å². The first-order valence-electron chi connectivity index (χ1n) is 5.56. The maximum atomic E-state index is 5.84. The second-order valence-electron chi connectivity index (χ2n) is 4.20. The van der Waals surface area contributed by atoms with Gasteiger partial charge >= 0.3 is 0 Å². The van der Waals surface area contributed by atoms with Crippen LogP contribution in [0.3, 0.4) is 0 Å². The van der Waals surface area contributed by atoms with E-state index in [2.05, 4.69) is 51.8 Å². The smallest absolute Gasteiger partial charge is 0.124 e. The SMILES string of the molecule is Cc1cc(-c2nc3cc([124I])ccc3s2)ccc1N. The number of aromatic nitrogens is 1. The number of benzene rings is 2. The Kier molecular flexibility index (Phi) is 2.99. The minimum atomic E-state index is 0.828. The second-order valence-corrected chi connectivity index (χ2v) is 6.48. The molecule has 0 saturated carbocycles. The molecule has 3 aromatic rings. The van der Waals surface area contributed by atoms with Crippen LogP contribution in [0.2, 0.25) is 0 Å². The minimum absolute atomic E-state index is 0.828. The van der Waals surface area contributed by atoms with E-state index in [1.165, 1.54) is 8.27 Å². The molecule has 0 aliphatic heterocycles. The summed E-state index contributed by atoms with van der Waals surface area (Å²) in [5, 5.41) is 1.05. The Balaban J connectivity index is 2.16. The maximum absolute atomic E-state index is 5.84. The van der Waals surface area contributed by atoms with Crippen LogP contribution in [0.15, 0.2) is 36.4 Å². The van der Waals surface area contributed by atoms with Crippen LogP contribution in [0, 0.1) is 10.5 Å². The van der Waals surface area contributed by atoms with E-state index in [0.717, 1.165) is 27.3 Å². The van der Waals surface area contributed by atoms with Gasteiger partial charge in [0.05, 0.1) is 10.2 Å². The average molecular weight is 363 g/mol. The first-order chi connectivity index (χ1) is 8.63. The highest BCUT2D eigenvalue weighted by Gasteiger charge is 2.07. The predicted molar refractivity (Wildman–Crippen MR) is 86.9 cm³/mol. The lowest BCUT2D eigenvalue weighted by molar-refractivity contribution is 1.43. The van der Waals surface area contributed by atoms with E-state index in [0.29, 0.717) is 0 Å². The normalized spacial score (nSPS) is 11.0. The summed E-state index contributed by atoms with van der Waals surface area (Å²) >= 11 is 4.03. The van der Waals surface area contributed by atoms with Crippen molar-refractivity contribution in [3.63, 3.8) is 0 Å². The summed E-state index contributed by atoms with van der Waals surface area (Å²) in [6.07, 6.45) is 0. The molecule has 0 spiro atoms. The van der Waals surface area contributed by atoms with Crippen molar-refractivity contribution in [2.24, 2.45) is 0 Å². The summed E-state index contributed by atoms with van der Waals surface area (Å²) in [5.41, 5.74) is 9.97. The summed E-state index contributed by atoms with van der Waals surface area (Å²) in [6.45, 7) is 2.02. The lowest BCUT2D eigenvalue weighted by Crippen LogP contribution is -1.89. The zero-order chi connectivity index (χ0) is 12.7. The number of nitrogens with zero attached hydrogens (tertiary/aromatic N) is 1. The topological polar surface area (TPSA) is 38.9 Å². The lowest BCUT2D eigenvalue weighted by Gasteiger charge is -2.01. The molecule has 1 heterocycles. The molecule has 0 fully saturated rings. The van der Waals surface area contributed by atoms with Crippen molar-refractivity contribution in [1.82, 2.24) is 4.98 Å². The molecule has 0 radical (unpaired) electrons. The lowest BCUT2D eigenvalue weighted by atomic mass is 10.1. The largest absolute Gasteiger partial charge is 0.399 e. The van der Waals surface area contributed by atoms with Crippen LogP contribution in [-0.2, 0) is 0 Å². The molecule has 2 nitrogen and oxygen atoms in total. The van der Waals surface area contributed by atoms with Crippen molar-refractivity contribution >= 4 is 49.8 Å². The Labute approximate surface area is 123 Å². The fourth-order valence-corrected chi connectivity index (χ4v) is 3.25. The van der Waals surface area contributed by atoms with Gasteiger partial charge in [0.15, 0.2) is 0 Å². The van der Waals surface area contributed by atoms with Crippen LogP contribution in [-0.4, -0.2) is 4.98 Å². The monoisotopic (exact) mass is 363 g/mol. The minimum Gasteiger partial charge on any atom is -0.399 e. The molecule has 0 bridgehead atoms. The first-order valence-corrected chi connectivity index (χ1v) is 7.45. The molecule has 2 N–H and O–H groups in total. The number of fused-ring (bicyclic) bond motifs is 1. The molecule has 90 valence electrons. The van der Waals surface area contributed by atoms with Gasteiger partial charge in [-0.2, -0.15) is 0 Å². The van der Waals surface area contributed by atoms with E-state index >= 15 is 0 Å². The van der Waals surface area contributed by atoms with Gasteiger partial charge in [0, 0.05) is 14.8 Å². The van der Waals surface area contributed by atoms with Crippen molar-refractivity contribution in [2.75, 3.05) is 5.73 Å². The first kappa shape index (κ1) is 11.9. The van der Waals surface area contributed by atoms with Crippen LogP contribution in [0.5, 0.6) is 0 Å². The molecule has 0 amide bonds. The number of thiazole rings is 1. The maximum Gasteiger partial charge on any atom is 0.124 e.